The Labute approximate surface area is 127 Å². The maximum atomic E-state index is 12.0. The number of hydroxylamine groups is 2. The average molecular weight is 306 g/mol. The second-order valence-corrected chi connectivity index (χ2v) is 5.75. The lowest BCUT2D eigenvalue weighted by molar-refractivity contribution is -0.0753. The molecule has 1 N–H and O–H groups in total. The molecule has 112 valence electrons. The van der Waals surface area contributed by atoms with E-state index in [1.165, 1.54) is 23.5 Å². The fourth-order valence-electron chi connectivity index (χ4n) is 2.02. The summed E-state index contributed by atoms with van der Waals surface area (Å²) in [7, 11) is 3.02. The van der Waals surface area contributed by atoms with Crippen LogP contribution in [-0.2, 0) is 11.3 Å². The predicted octanol–water partition coefficient (Wildman–Crippen LogP) is 2.61. The lowest BCUT2D eigenvalue weighted by atomic mass is 10.1. The van der Waals surface area contributed by atoms with E-state index in [-0.39, 0.29) is 11.5 Å². The molecule has 5 nitrogen and oxygen atoms in total. The molecule has 21 heavy (non-hydrogen) atoms. The van der Waals surface area contributed by atoms with Gasteiger partial charge in [0.1, 0.15) is 0 Å². The quantitative estimate of drug-likeness (QED) is 0.883. The molecule has 0 bridgehead atoms. The highest BCUT2D eigenvalue weighted by Gasteiger charge is 2.16. The van der Waals surface area contributed by atoms with Crippen LogP contribution in [0, 0.1) is 6.92 Å². The van der Waals surface area contributed by atoms with E-state index in [1.54, 1.807) is 13.1 Å². The van der Waals surface area contributed by atoms with Gasteiger partial charge in [-0.2, -0.15) is 0 Å². The first-order valence-electron chi connectivity index (χ1n) is 6.63. The fraction of sp³-hybridized carbons (Fsp3) is 0.333. The van der Waals surface area contributed by atoms with Crippen molar-refractivity contribution in [1.29, 1.82) is 0 Å². The molecule has 0 saturated heterocycles. The number of thiophene rings is 1. The average Bonchev–Trinajstić information content (AvgIpc) is 2.95. The third kappa shape index (κ3) is 3.06. The fourth-order valence-corrected chi connectivity index (χ4v) is 3.07. The predicted molar refractivity (Wildman–Crippen MR) is 83.6 cm³/mol. The van der Waals surface area contributed by atoms with Crippen molar-refractivity contribution in [3.63, 3.8) is 0 Å². The van der Waals surface area contributed by atoms with E-state index in [9.17, 15) is 9.59 Å². The minimum atomic E-state index is -0.188. The van der Waals surface area contributed by atoms with Crippen molar-refractivity contribution in [1.82, 2.24) is 10.0 Å². The summed E-state index contributed by atoms with van der Waals surface area (Å²) in [5.41, 5.74) is 2.45. The topological polar surface area (TPSA) is 62.4 Å². The largest absolute Gasteiger partial charge is 0.326 e. The lowest BCUT2D eigenvalue weighted by Crippen LogP contribution is -2.24. The summed E-state index contributed by atoms with van der Waals surface area (Å²) in [5.74, 6) is -0.188. The number of nitrogens with one attached hydrogen (secondary N) is 1. The van der Waals surface area contributed by atoms with Gasteiger partial charge in [-0.3, -0.25) is 14.4 Å². The van der Waals surface area contributed by atoms with Gasteiger partial charge in [0.15, 0.2) is 0 Å². The van der Waals surface area contributed by atoms with Crippen molar-refractivity contribution in [3.8, 4) is 10.4 Å². The Bertz CT molecular complexity index is 718. The summed E-state index contributed by atoms with van der Waals surface area (Å²) >= 11 is 1.38. The summed E-state index contributed by atoms with van der Waals surface area (Å²) < 4.78 is 0. The van der Waals surface area contributed by atoms with Crippen LogP contribution in [0.2, 0.25) is 0 Å². The summed E-state index contributed by atoms with van der Waals surface area (Å²) in [6.07, 6.45) is 0.673. The van der Waals surface area contributed by atoms with E-state index in [1.807, 2.05) is 26.0 Å². The molecule has 6 heteroatoms. The number of amides is 1. The van der Waals surface area contributed by atoms with Crippen molar-refractivity contribution in [2.24, 2.45) is 0 Å². The number of aromatic nitrogens is 1. The number of carbonyl (C=O) groups excluding carboxylic acids is 1. The van der Waals surface area contributed by atoms with Crippen molar-refractivity contribution < 1.29 is 9.63 Å². The van der Waals surface area contributed by atoms with Gasteiger partial charge in [-0.15, -0.1) is 11.3 Å². The lowest BCUT2D eigenvalue weighted by Gasteiger charge is -2.11. The summed E-state index contributed by atoms with van der Waals surface area (Å²) in [6.45, 7) is 3.80. The number of rotatable bonds is 4. The third-order valence-corrected chi connectivity index (χ3v) is 4.44. The normalized spacial score (nSPS) is 10.7. The monoisotopic (exact) mass is 306 g/mol. The maximum Gasteiger partial charge on any atom is 0.287 e. The van der Waals surface area contributed by atoms with E-state index in [0.29, 0.717) is 11.3 Å². The standard InChI is InChI=1S/C15H18N2O3S/c1-5-10-8-11(9(2)16-14(10)18)12-6-7-13(21-12)15(19)17(3)20-4/h6-8H,5H2,1-4H3,(H,16,18). The first kappa shape index (κ1) is 15.5. The SMILES string of the molecule is CCc1cc(-c2ccc(C(=O)N(C)OC)s2)c(C)[nH]c1=O. The van der Waals surface area contributed by atoms with E-state index >= 15 is 0 Å². The van der Waals surface area contributed by atoms with Crippen LogP contribution in [0.5, 0.6) is 0 Å². The van der Waals surface area contributed by atoms with Crippen LogP contribution in [0.15, 0.2) is 23.0 Å². The molecule has 0 saturated carbocycles. The second-order valence-electron chi connectivity index (χ2n) is 4.67. The number of aromatic amines is 1. The van der Waals surface area contributed by atoms with Gasteiger partial charge < -0.3 is 4.98 Å². The Morgan fingerprint density at radius 1 is 1.43 bits per heavy atom. The van der Waals surface area contributed by atoms with Gasteiger partial charge in [-0.25, -0.2) is 5.06 Å². The molecule has 2 aromatic rings. The van der Waals surface area contributed by atoms with Crippen molar-refractivity contribution in [2.45, 2.75) is 20.3 Å². The molecule has 1 amide bonds. The Morgan fingerprint density at radius 3 is 2.76 bits per heavy atom. The molecule has 0 aliphatic heterocycles. The maximum absolute atomic E-state index is 12.0. The van der Waals surface area contributed by atoms with Crippen LogP contribution >= 0.6 is 11.3 Å². The summed E-state index contributed by atoms with van der Waals surface area (Å²) in [5, 5.41) is 1.19. The van der Waals surface area contributed by atoms with Gasteiger partial charge in [0, 0.05) is 28.7 Å². The summed E-state index contributed by atoms with van der Waals surface area (Å²) in [4.78, 5) is 33.1. The molecule has 0 radical (unpaired) electrons. The van der Waals surface area contributed by atoms with Crippen molar-refractivity contribution in [3.05, 3.63) is 44.7 Å². The van der Waals surface area contributed by atoms with Crippen LogP contribution < -0.4 is 5.56 Å². The highest BCUT2D eigenvalue weighted by atomic mass is 32.1. The van der Waals surface area contributed by atoms with Gasteiger partial charge >= 0.3 is 0 Å². The zero-order valence-electron chi connectivity index (χ0n) is 12.5. The molecule has 2 heterocycles. The second kappa shape index (κ2) is 6.24. The van der Waals surface area contributed by atoms with Crippen LogP contribution in [0.4, 0.5) is 0 Å². The van der Waals surface area contributed by atoms with E-state index in [2.05, 4.69) is 4.98 Å². The Morgan fingerprint density at radius 2 is 2.14 bits per heavy atom. The highest BCUT2D eigenvalue weighted by Crippen LogP contribution is 2.30. The van der Waals surface area contributed by atoms with Crippen molar-refractivity contribution >= 4 is 17.2 Å². The molecule has 2 aromatic heterocycles. The van der Waals surface area contributed by atoms with E-state index in [4.69, 9.17) is 4.84 Å². The number of nitrogens with zero attached hydrogens (tertiary/aromatic N) is 1. The number of carbonyl (C=O) groups is 1. The van der Waals surface area contributed by atoms with Gasteiger partial charge in [0.2, 0.25) is 0 Å². The minimum Gasteiger partial charge on any atom is -0.326 e. The number of aryl methyl sites for hydroxylation is 2. The third-order valence-electron chi connectivity index (χ3n) is 3.34. The molecule has 0 unspecified atom stereocenters. The number of H-pyrrole nitrogens is 1. The molecule has 0 atom stereocenters. The Kier molecular flexibility index (Phi) is 4.59. The molecular weight excluding hydrogens is 288 g/mol. The van der Waals surface area contributed by atoms with Gasteiger partial charge in [0.25, 0.3) is 11.5 Å². The zero-order valence-corrected chi connectivity index (χ0v) is 13.3. The first-order chi connectivity index (χ1) is 9.97. The van der Waals surface area contributed by atoms with Gasteiger partial charge in [0.05, 0.1) is 12.0 Å². The Hall–Kier alpha value is -1.92. The number of pyridine rings is 1. The smallest absolute Gasteiger partial charge is 0.287 e. The van der Waals surface area contributed by atoms with Gasteiger partial charge in [-0.05, 0) is 31.5 Å². The summed E-state index contributed by atoms with van der Waals surface area (Å²) in [6, 6.07) is 5.56. The molecule has 0 spiro atoms. The molecule has 0 fully saturated rings. The van der Waals surface area contributed by atoms with Crippen LogP contribution in [0.25, 0.3) is 10.4 Å². The Balaban J connectivity index is 2.42. The zero-order chi connectivity index (χ0) is 15.6. The molecule has 0 aromatic carbocycles. The number of hydrogen-bond acceptors (Lipinski definition) is 4. The minimum absolute atomic E-state index is 0.0503. The first-order valence-corrected chi connectivity index (χ1v) is 7.44. The van der Waals surface area contributed by atoms with E-state index < -0.39 is 0 Å². The van der Waals surface area contributed by atoms with Crippen LogP contribution in [0.3, 0.4) is 0 Å². The van der Waals surface area contributed by atoms with E-state index in [0.717, 1.165) is 21.7 Å². The van der Waals surface area contributed by atoms with Crippen LogP contribution in [-0.4, -0.2) is 30.1 Å². The molecule has 2 rings (SSSR count). The van der Waals surface area contributed by atoms with Crippen molar-refractivity contribution in [2.75, 3.05) is 14.2 Å². The van der Waals surface area contributed by atoms with Gasteiger partial charge in [-0.1, -0.05) is 6.92 Å². The highest BCUT2D eigenvalue weighted by molar-refractivity contribution is 7.17. The molecule has 0 aliphatic rings. The molecular formula is C15H18N2O3S. The number of hydrogen-bond donors (Lipinski definition) is 1. The molecule has 0 aliphatic carbocycles. The van der Waals surface area contributed by atoms with Crippen LogP contribution in [0.1, 0.15) is 27.9 Å².